The van der Waals surface area contributed by atoms with Crippen molar-refractivity contribution in [3.05, 3.63) is 18.0 Å². The maximum absolute atomic E-state index is 5.76. The highest BCUT2D eigenvalue weighted by Crippen LogP contribution is 2.25. The number of rotatable bonds is 1. The summed E-state index contributed by atoms with van der Waals surface area (Å²) in [4.78, 5) is 4.40. The quantitative estimate of drug-likeness (QED) is 0.812. The molecular weight excluding hydrogens is 216 g/mol. The first-order chi connectivity index (χ1) is 8.25. The van der Waals surface area contributed by atoms with Gasteiger partial charge in [0.25, 0.3) is 0 Å². The zero-order valence-corrected chi connectivity index (χ0v) is 9.89. The molecule has 1 unspecified atom stereocenters. The second-order valence-corrected chi connectivity index (χ2v) is 4.54. The molecule has 5 nitrogen and oxygen atoms in total. The van der Waals surface area contributed by atoms with E-state index in [1.54, 1.807) is 6.20 Å². The molecule has 5 heteroatoms. The van der Waals surface area contributed by atoms with E-state index in [9.17, 15) is 0 Å². The van der Waals surface area contributed by atoms with Gasteiger partial charge in [-0.3, -0.25) is 0 Å². The largest absolute Gasteiger partial charge is 0.397 e. The first-order valence-corrected chi connectivity index (χ1v) is 5.94. The van der Waals surface area contributed by atoms with Crippen molar-refractivity contribution in [3.63, 3.8) is 0 Å². The van der Waals surface area contributed by atoms with E-state index in [0.29, 0.717) is 11.7 Å². The van der Waals surface area contributed by atoms with Gasteiger partial charge in [-0.2, -0.15) is 5.10 Å². The third-order valence-electron chi connectivity index (χ3n) is 3.23. The van der Waals surface area contributed by atoms with Gasteiger partial charge in [0, 0.05) is 12.0 Å². The van der Waals surface area contributed by atoms with Crippen LogP contribution in [0.4, 0.5) is 5.69 Å². The van der Waals surface area contributed by atoms with Crippen molar-refractivity contribution >= 4 is 16.7 Å². The van der Waals surface area contributed by atoms with Gasteiger partial charge in [0.1, 0.15) is 0 Å². The summed E-state index contributed by atoms with van der Waals surface area (Å²) in [5.74, 6) is 0. The number of nitrogens with zero attached hydrogens (tertiary/aromatic N) is 3. The van der Waals surface area contributed by atoms with E-state index in [2.05, 4.69) is 10.1 Å². The molecule has 0 saturated carbocycles. The fourth-order valence-electron chi connectivity index (χ4n) is 2.36. The van der Waals surface area contributed by atoms with Crippen molar-refractivity contribution in [2.75, 3.05) is 18.9 Å². The topological polar surface area (TPSA) is 66.0 Å². The zero-order chi connectivity index (χ0) is 11.8. The zero-order valence-electron chi connectivity index (χ0n) is 9.89. The van der Waals surface area contributed by atoms with E-state index in [1.807, 2.05) is 17.7 Å². The second-order valence-electron chi connectivity index (χ2n) is 4.54. The van der Waals surface area contributed by atoms with Crippen LogP contribution in [0.25, 0.3) is 11.0 Å². The van der Waals surface area contributed by atoms with Gasteiger partial charge in [-0.15, -0.1) is 0 Å². The predicted molar refractivity (Wildman–Crippen MR) is 65.8 cm³/mol. The Morgan fingerprint density at radius 2 is 2.41 bits per heavy atom. The first kappa shape index (κ1) is 10.5. The summed E-state index contributed by atoms with van der Waals surface area (Å²) in [6.07, 6.45) is 3.87. The molecule has 1 fully saturated rings. The van der Waals surface area contributed by atoms with Crippen molar-refractivity contribution in [1.29, 1.82) is 0 Å². The summed E-state index contributed by atoms with van der Waals surface area (Å²) in [6, 6.07) is 2.24. The Bertz CT molecular complexity index is 543. The summed E-state index contributed by atoms with van der Waals surface area (Å²) in [5.41, 5.74) is 8.32. The van der Waals surface area contributed by atoms with Crippen molar-refractivity contribution in [2.45, 2.75) is 25.8 Å². The number of aryl methyl sites for hydroxylation is 1. The van der Waals surface area contributed by atoms with Gasteiger partial charge < -0.3 is 10.5 Å². The molecule has 0 amide bonds. The van der Waals surface area contributed by atoms with Crippen LogP contribution in [0.3, 0.4) is 0 Å². The first-order valence-electron chi connectivity index (χ1n) is 5.94. The lowest BCUT2D eigenvalue weighted by Gasteiger charge is -2.22. The molecule has 0 spiro atoms. The molecule has 3 rings (SSSR count). The van der Waals surface area contributed by atoms with Crippen LogP contribution in [0.5, 0.6) is 0 Å². The minimum absolute atomic E-state index is 0.302. The summed E-state index contributed by atoms with van der Waals surface area (Å²) in [5, 5.41) is 5.61. The average molecular weight is 232 g/mol. The Morgan fingerprint density at radius 3 is 3.18 bits per heavy atom. The predicted octanol–water partition coefficient (Wildman–Crippen LogP) is 1.67. The van der Waals surface area contributed by atoms with Crippen LogP contribution in [0.1, 0.15) is 24.6 Å². The van der Waals surface area contributed by atoms with Gasteiger partial charge in [-0.25, -0.2) is 9.67 Å². The van der Waals surface area contributed by atoms with Crippen LogP contribution < -0.4 is 5.73 Å². The summed E-state index contributed by atoms with van der Waals surface area (Å²) in [6.45, 7) is 3.57. The average Bonchev–Trinajstić information content (AvgIpc) is 2.68. The van der Waals surface area contributed by atoms with E-state index < -0.39 is 0 Å². The number of anilines is 1. The molecule has 1 aliphatic heterocycles. The monoisotopic (exact) mass is 232 g/mol. The van der Waals surface area contributed by atoms with Crippen LogP contribution in [-0.2, 0) is 4.74 Å². The van der Waals surface area contributed by atoms with E-state index in [4.69, 9.17) is 10.5 Å². The molecule has 0 aliphatic carbocycles. The highest BCUT2D eigenvalue weighted by molar-refractivity contribution is 5.81. The highest BCUT2D eigenvalue weighted by atomic mass is 16.5. The lowest BCUT2D eigenvalue weighted by molar-refractivity contribution is 0.0562. The Labute approximate surface area is 99.6 Å². The molecule has 90 valence electrons. The van der Waals surface area contributed by atoms with Crippen LogP contribution in [-0.4, -0.2) is 28.0 Å². The number of aromatic nitrogens is 3. The molecule has 3 heterocycles. The van der Waals surface area contributed by atoms with Gasteiger partial charge in [-0.1, -0.05) is 0 Å². The van der Waals surface area contributed by atoms with Gasteiger partial charge >= 0.3 is 0 Å². The molecule has 0 radical (unpaired) electrons. The molecule has 0 aromatic carbocycles. The number of hydrogen-bond acceptors (Lipinski definition) is 4. The SMILES string of the molecule is Cc1nn(C2CCCOC2)c2ncc(N)cc12. The fraction of sp³-hybridized carbons (Fsp3) is 0.500. The minimum Gasteiger partial charge on any atom is -0.397 e. The van der Waals surface area contributed by atoms with Crippen LogP contribution in [0.2, 0.25) is 0 Å². The number of fused-ring (bicyclic) bond motifs is 1. The summed E-state index contributed by atoms with van der Waals surface area (Å²) >= 11 is 0. The number of ether oxygens (including phenoxy) is 1. The Kier molecular flexibility index (Phi) is 2.48. The van der Waals surface area contributed by atoms with Gasteiger partial charge in [-0.05, 0) is 25.8 Å². The summed E-state index contributed by atoms with van der Waals surface area (Å²) in [7, 11) is 0. The molecule has 17 heavy (non-hydrogen) atoms. The lowest BCUT2D eigenvalue weighted by Crippen LogP contribution is -2.22. The molecule has 2 N–H and O–H groups in total. The van der Waals surface area contributed by atoms with Crippen LogP contribution in [0.15, 0.2) is 12.3 Å². The van der Waals surface area contributed by atoms with Gasteiger partial charge in [0.15, 0.2) is 5.65 Å². The third kappa shape index (κ3) is 1.76. The van der Waals surface area contributed by atoms with E-state index in [1.165, 1.54) is 0 Å². The Hall–Kier alpha value is -1.62. The maximum atomic E-state index is 5.76. The smallest absolute Gasteiger partial charge is 0.158 e. The standard InChI is InChI=1S/C12H16N4O/c1-8-11-5-9(13)6-14-12(11)16(15-8)10-3-2-4-17-7-10/h5-6,10H,2-4,7,13H2,1H3. The third-order valence-corrected chi connectivity index (χ3v) is 3.23. The second kappa shape index (κ2) is 4.00. The van der Waals surface area contributed by atoms with Crippen molar-refractivity contribution < 1.29 is 4.74 Å². The molecular formula is C12H16N4O. The van der Waals surface area contributed by atoms with E-state index >= 15 is 0 Å². The van der Waals surface area contributed by atoms with Crippen molar-refractivity contribution in [1.82, 2.24) is 14.8 Å². The molecule has 1 saturated heterocycles. The van der Waals surface area contributed by atoms with Crippen LogP contribution in [0, 0.1) is 6.92 Å². The number of pyridine rings is 1. The van der Waals surface area contributed by atoms with Gasteiger partial charge in [0.05, 0.1) is 30.2 Å². The van der Waals surface area contributed by atoms with Crippen molar-refractivity contribution in [3.8, 4) is 0 Å². The lowest BCUT2D eigenvalue weighted by atomic mass is 10.1. The fourth-order valence-corrected chi connectivity index (χ4v) is 2.36. The molecule has 0 bridgehead atoms. The number of hydrogen-bond donors (Lipinski definition) is 1. The minimum atomic E-state index is 0.302. The van der Waals surface area contributed by atoms with Crippen LogP contribution >= 0.6 is 0 Å². The van der Waals surface area contributed by atoms with E-state index in [0.717, 1.165) is 42.8 Å². The van der Waals surface area contributed by atoms with E-state index in [-0.39, 0.29) is 0 Å². The number of nitrogens with two attached hydrogens (primary N) is 1. The normalized spacial score (nSPS) is 20.9. The molecule has 1 aliphatic rings. The van der Waals surface area contributed by atoms with Gasteiger partial charge in [0.2, 0.25) is 0 Å². The Balaban J connectivity index is 2.10. The van der Waals surface area contributed by atoms with Crippen molar-refractivity contribution in [2.24, 2.45) is 0 Å². The molecule has 2 aromatic rings. The number of nitrogen functional groups attached to an aromatic ring is 1. The summed E-state index contributed by atoms with van der Waals surface area (Å²) < 4.78 is 7.49. The Morgan fingerprint density at radius 1 is 1.53 bits per heavy atom. The highest BCUT2D eigenvalue weighted by Gasteiger charge is 2.20. The molecule has 1 atom stereocenters. The molecule has 2 aromatic heterocycles. The maximum Gasteiger partial charge on any atom is 0.158 e.